The Morgan fingerprint density at radius 1 is 1.09 bits per heavy atom. The molecular weight excluding hydrogens is 284 g/mol. The van der Waals surface area contributed by atoms with Crippen LogP contribution in [0.15, 0.2) is 23.0 Å². The second kappa shape index (κ2) is 7.85. The normalized spacial score (nSPS) is 20.2. The molecule has 0 saturated carbocycles. The molecule has 0 bridgehead atoms. The molecular formula is C20H38OSi. The predicted octanol–water partition coefficient (Wildman–Crippen LogP) is 7.22. The third-order valence-electron chi connectivity index (χ3n) is 5.38. The van der Waals surface area contributed by atoms with Gasteiger partial charge in [-0.1, -0.05) is 73.5 Å². The van der Waals surface area contributed by atoms with Crippen molar-refractivity contribution in [3.05, 3.63) is 23.0 Å². The van der Waals surface area contributed by atoms with E-state index in [9.17, 15) is 0 Å². The van der Waals surface area contributed by atoms with E-state index in [4.69, 9.17) is 4.43 Å². The highest BCUT2D eigenvalue weighted by Crippen LogP contribution is 2.46. The number of hydrogen-bond acceptors (Lipinski definition) is 1. The molecule has 0 spiro atoms. The zero-order valence-electron chi connectivity index (χ0n) is 16.4. The van der Waals surface area contributed by atoms with Crippen molar-refractivity contribution < 1.29 is 4.43 Å². The van der Waals surface area contributed by atoms with E-state index in [1.807, 2.05) is 0 Å². The first kappa shape index (κ1) is 19.5. The van der Waals surface area contributed by atoms with Gasteiger partial charge in [-0.25, -0.2) is 0 Å². The molecule has 0 aromatic rings. The molecule has 128 valence electrons. The lowest BCUT2D eigenvalue weighted by Crippen LogP contribution is -2.48. The van der Waals surface area contributed by atoms with Crippen LogP contribution in [-0.4, -0.2) is 8.32 Å². The molecule has 0 fully saturated rings. The molecule has 0 N–H and O–H groups in total. The minimum absolute atomic E-state index is 0.443. The third kappa shape index (κ3) is 3.87. The summed E-state index contributed by atoms with van der Waals surface area (Å²) in [4.78, 5) is 0. The summed E-state index contributed by atoms with van der Waals surface area (Å²) >= 11 is 0. The molecule has 0 aromatic carbocycles. The maximum absolute atomic E-state index is 6.99. The molecule has 0 aromatic heterocycles. The fraction of sp³-hybridized carbons (Fsp3) is 0.800. The molecule has 2 heteroatoms. The van der Waals surface area contributed by atoms with E-state index in [-0.39, 0.29) is 0 Å². The molecule has 0 aliphatic heterocycles. The zero-order chi connectivity index (χ0) is 17.1. The molecule has 0 saturated heterocycles. The SMILES string of the molecule is CCCC1=CC(C)C(O[Si](C(C)C)(C(C)C)C(C)C)=C(C)C1. The Labute approximate surface area is 140 Å². The fourth-order valence-electron chi connectivity index (χ4n) is 4.52. The van der Waals surface area contributed by atoms with Crippen molar-refractivity contribution in [3.63, 3.8) is 0 Å². The van der Waals surface area contributed by atoms with Crippen molar-refractivity contribution in [2.45, 2.75) is 98.2 Å². The average Bonchev–Trinajstić information content (AvgIpc) is 2.37. The lowest BCUT2D eigenvalue weighted by atomic mass is 9.89. The van der Waals surface area contributed by atoms with Crippen LogP contribution in [0.3, 0.4) is 0 Å². The van der Waals surface area contributed by atoms with E-state index >= 15 is 0 Å². The Balaban J connectivity index is 3.12. The van der Waals surface area contributed by atoms with Gasteiger partial charge in [0, 0.05) is 5.92 Å². The molecule has 0 amide bonds. The first-order valence-corrected chi connectivity index (χ1v) is 11.4. The largest absolute Gasteiger partial charge is 0.545 e. The minimum Gasteiger partial charge on any atom is -0.545 e. The zero-order valence-corrected chi connectivity index (χ0v) is 17.4. The van der Waals surface area contributed by atoms with Crippen molar-refractivity contribution in [1.82, 2.24) is 0 Å². The summed E-state index contributed by atoms with van der Waals surface area (Å²) in [6.45, 7) is 21.1. The predicted molar refractivity (Wildman–Crippen MR) is 102 cm³/mol. The van der Waals surface area contributed by atoms with Crippen LogP contribution in [0.25, 0.3) is 0 Å². The summed E-state index contributed by atoms with van der Waals surface area (Å²) < 4.78 is 6.99. The Kier molecular flexibility index (Phi) is 6.98. The van der Waals surface area contributed by atoms with Crippen LogP contribution in [-0.2, 0) is 4.43 Å². The molecule has 0 heterocycles. The van der Waals surface area contributed by atoms with Gasteiger partial charge in [-0.15, -0.1) is 0 Å². The monoisotopic (exact) mass is 322 g/mol. The van der Waals surface area contributed by atoms with Crippen molar-refractivity contribution in [2.24, 2.45) is 5.92 Å². The molecule has 1 atom stereocenters. The van der Waals surface area contributed by atoms with Crippen LogP contribution in [0.4, 0.5) is 0 Å². The fourth-order valence-corrected chi connectivity index (χ4v) is 9.97. The van der Waals surface area contributed by atoms with E-state index in [2.05, 4.69) is 68.4 Å². The molecule has 0 radical (unpaired) electrons. The Bertz CT molecular complexity index is 407. The lowest BCUT2D eigenvalue weighted by molar-refractivity contribution is 0.326. The van der Waals surface area contributed by atoms with E-state index in [0.29, 0.717) is 22.5 Å². The van der Waals surface area contributed by atoms with E-state index in [1.54, 1.807) is 5.57 Å². The van der Waals surface area contributed by atoms with Gasteiger partial charge in [0.2, 0.25) is 0 Å². The summed E-state index contributed by atoms with van der Waals surface area (Å²) in [6.07, 6.45) is 6.05. The number of allylic oxidation sites excluding steroid dienone is 3. The molecule has 22 heavy (non-hydrogen) atoms. The Hall–Kier alpha value is -0.503. The van der Waals surface area contributed by atoms with Gasteiger partial charge in [0.05, 0.1) is 5.76 Å². The van der Waals surface area contributed by atoms with Gasteiger partial charge >= 0.3 is 0 Å². The van der Waals surface area contributed by atoms with Crippen molar-refractivity contribution in [2.75, 3.05) is 0 Å². The van der Waals surface area contributed by atoms with Crippen molar-refractivity contribution in [1.29, 1.82) is 0 Å². The summed E-state index contributed by atoms with van der Waals surface area (Å²) in [5.41, 5.74) is 4.99. The highest BCUT2D eigenvalue weighted by atomic mass is 28.4. The maximum Gasteiger partial charge on any atom is 0.258 e. The van der Waals surface area contributed by atoms with Crippen molar-refractivity contribution >= 4 is 8.32 Å². The van der Waals surface area contributed by atoms with Gasteiger partial charge in [-0.3, -0.25) is 0 Å². The van der Waals surface area contributed by atoms with Gasteiger partial charge in [0.25, 0.3) is 8.32 Å². The number of hydrogen-bond donors (Lipinski definition) is 0. The van der Waals surface area contributed by atoms with E-state index in [1.165, 1.54) is 24.2 Å². The standard InChI is InChI=1S/C20H38OSi/c1-10-11-19-12-17(8)20(18(9)13-19)21-22(14(2)3,15(4)5)16(6)7/h12,14-17H,10-11,13H2,1-9H3. The summed E-state index contributed by atoms with van der Waals surface area (Å²) in [5, 5.41) is 0. The van der Waals surface area contributed by atoms with Crippen LogP contribution >= 0.6 is 0 Å². The second-order valence-electron chi connectivity index (χ2n) is 8.10. The minimum atomic E-state index is -1.83. The molecule has 1 nitrogen and oxygen atoms in total. The first-order chi connectivity index (χ1) is 10.2. The number of rotatable bonds is 7. The second-order valence-corrected chi connectivity index (χ2v) is 13.5. The lowest BCUT2D eigenvalue weighted by Gasteiger charge is -2.44. The summed E-state index contributed by atoms with van der Waals surface area (Å²) in [5.74, 6) is 1.74. The molecule has 1 rings (SSSR count). The van der Waals surface area contributed by atoms with Crippen LogP contribution in [0.5, 0.6) is 0 Å². The van der Waals surface area contributed by atoms with Crippen LogP contribution in [0, 0.1) is 5.92 Å². The van der Waals surface area contributed by atoms with Crippen molar-refractivity contribution in [3.8, 4) is 0 Å². The summed E-state index contributed by atoms with van der Waals surface area (Å²) in [7, 11) is -1.83. The molecule has 1 aliphatic rings. The van der Waals surface area contributed by atoms with Gasteiger partial charge in [-0.2, -0.15) is 0 Å². The highest BCUT2D eigenvalue weighted by Gasteiger charge is 2.48. The summed E-state index contributed by atoms with van der Waals surface area (Å²) in [6, 6.07) is 0. The molecule has 1 unspecified atom stereocenters. The third-order valence-corrected chi connectivity index (χ3v) is 11.4. The van der Waals surface area contributed by atoms with Crippen LogP contribution < -0.4 is 0 Å². The quantitative estimate of drug-likeness (QED) is 0.355. The Morgan fingerprint density at radius 3 is 1.95 bits per heavy atom. The van der Waals surface area contributed by atoms with E-state index < -0.39 is 8.32 Å². The Morgan fingerprint density at radius 2 is 1.59 bits per heavy atom. The van der Waals surface area contributed by atoms with Crippen LogP contribution in [0.2, 0.25) is 16.6 Å². The van der Waals surface area contributed by atoms with E-state index in [0.717, 1.165) is 6.42 Å². The van der Waals surface area contributed by atoms with Gasteiger partial charge in [0.1, 0.15) is 0 Å². The van der Waals surface area contributed by atoms with Gasteiger partial charge in [-0.05, 0) is 42.0 Å². The highest BCUT2D eigenvalue weighted by molar-refractivity contribution is 6.77. The smallest absolute Gasteiger partial charge is 0.258 e. The average molecular weight is 323 g/mol. The maximum atomic E-state index is 6.99. The van der Waals surface area contributed by atoms with Gasteiger partial charge < -0.3 is 4.43 Å². The van der Waals surface area contributed by atoms with Gasteiger partial charge in [0.15, 0.2) is 0 Å². The molecule has 1 aliphatic carbocycles. The first-order valence-electron chi connectivity index (χ1n) is 9.24. The topological polar surface area (TPSA) is 9.23 Å². The van der Waals surface area contributed by atoms with Crippen LogP contribution in [0.1, 0.15) is 81.6 Å².